The van der Waals surface area contributed by atoms with Gasteiger partial charge in [0.25, 0.3) is 0 Å². The van der Waals surface area contributed by atoms with E-state index in [2.05, 4.69) is 5.32 Å². The summed E-state index contributed by atoms with van der Waals surface area (Å²) in [7, 11) is 0. The van der Waals surface area contributed by atoms with Crippen LogP contribution in [0.25, 0.3) is 11.0 Å². The first-order valence-electron chi connectivity index (χ1n) is 9.01. The van der Waals surface area contributed by atoms with Crippen LogP contribution >= 0.6 is 0 Å². The van der Waals surface area contributed by atoms with Crippen molar-refractivity contribution < 1.29 is 23.5 Å². The van der Waals surface area contributed by atoms with Gasteiger partial charge in [-0.2, -0.15) is 5.26 Å². The smallest absolute Gasteiger partial charge is 0.408 e. The van der Waals surface area contributed by atoms with E-state index in [-0.39, 0.29) is 12.2 Å². The van der Waals surface area contributed by atoms with Crippen LogP contribution < -0.4 is 5.32 Å². The van der Waals surface area contributed by atoms with E-state index in [1.165, 1.54) is 0 Å². The van der Waals surface area contributed by atoms with E-state index in [0.717, 1.165) is 10.9 Å². The Kier molecular flexibility index (Phi) is 6.03. The van der Waals surface area contributed by atoms with Crippen LogP contribution in [-0.2, 0) is 20.7 Å². The van der Waals surface area contributed by atoms with Gasteiger partial charge in [0.15, 0.2) is 0 Å². The Morgan fingerprint density at radius 3 is 2.32 bits per heavy atom. The molecule has 7 nitrogen and oxygen atoms in total. The molecule has 0 aliphatic rings. The molecule has 1 aromatic heterocycles. The molecule has 150 valence electrons. The molecule has 1 atom stereocenters. The number of nitriles is 1. The number of rotatable bonds is 4. The number of alkyl carbamates (subject to hydrolysis) is 1. The van der Waals surface area contributed by atoms with E-state index in [0.29, 0.717) is 5.58 Å². The van der Waals surface area contributed by atoms with Crippen LogP contribution in [-0.4, -0.2) is 29.3 Å². The monoisotopic (exact) mass is 386 g/mol. The molecule has 1 N–H and O–H groups in total. The Hall–Kier alpha value is -3.01. The average molecular weight is 386 g/mol. The average Bonchev–Trinajstić information content (AvgIpc) is 2.93. The van der Waals surface area contributed by atoms with Crippen molar-refractivity contribution in [1.29, 1.82) is 5.26 Å². The van der Waals surface area contributed by atoms with Crippen molar-refractivity contribution in [3.63, 3.8) is 0 Å². The topological polar surface area (TPSA) is 102 Å². The molecule has 2 rings (SSSR count). The van der Waals surface area contributed by atoms with Gasteiger partial charge in [-0.15, -0.1) is 0 Å². The lowest BCUT2D eigenvalue weighted by Crippen LogP contribution is -2.47. The Morgan fingerprint density at radius 1 is 1.11 bits per heavy atom. The summed E-state index contributed by atoms with van der Waals surface area (Å²) in [4.78, 5) is 24.8. The number of carbonyl (C=O) groups excluding carboxylic acids is 2. The molecule has 0 saturated carbocycles. The molecule has 0 radical (unpaired) electrons. The second-order valence-corrected chi connectivity index (χ2v) is 8.53. The first kappa shape index (κ1) is 21.3. The Balaban J connectivity index is 2.24. The van der Waals surface area contributed by atoms with Gasteiger partial charge in [-0.25, -0.2) is 9.59 Å². The predicted molar refractivity (Wildman–Crippen MR) is 104 cm³/mol. The van der Waals surface area contributed by atoms with Gasteiger partial charge >= 0.3 is 12.1 Å². The first-order valence-corrected chi connectivity index (χ1v) is 9.01. The number of nitrogens with zero attached hydrogens (tertiary/aromatic N) is 1. The van der Waals surface area contributed by atoms with Crippen molar-refractivity contribution in [3.8, 4) is 6.07 Å². The van der Waals surface area contributed by atoms with Crippen molar-refractivity contribution in [3.05, 3.63) is 35.6 Å². The fourth-order valence-corrected chi connectivity index (χ4v) is 2.51. The number of furan rings is 1. The van der Waals surface area contributed by atoms with Gasteiger partial charge in [0.1, 0.15) is 28.9 Å². The third kappa shape index (κ3) is 6.31. The summed E-state index contributed by atoms with van der Waals surface area (Å²) in [5.74, 6) is -0.349. The lowest BCUT2D eigenvalue weighted by atomic mass is 10.0. The number of nitrogens with one attached hydrogen (secondary N) is 1. The minimum absolute atomic E-state index is 0.187. The van der Waals surface area contributed by atoms with Crippen LogP contribution in [0.15, 0.2) is 28.7 Å². The maximum atomic E-state index is 12.6. The van der Waals surface area contributed by atoms with Crippen LogP contribution in [0, 0.1) is 11.3 Å². The SMILES string of the molecule is CC(C)(C)OC(=O)N[C@@H](Cc1ccc2cc(C#N)oc2c1)C(=O)OC(C)(C)C. The number of esters is 1. The highest BCUT2D eigenvalue weighted by molar-refractivity contribution is 5.83. The number of benzene rings is 1. The molecule has 0 aliphatic carbocycles. The summed E-state index contributed by atoms with van der Waals surface area (Å²) < 4.78 is 16.1. The maximum absolute atomic E-state index is 12.6. The van der Waals surface area contributed by atoms with Crippen LogP contribution in [0.5, 0.6) is 0 Å². The third-order valence-corrected chi connectivity index (χ3v) is 3.52. The summed E-state index contributed by atoms with van der Waals surface area (Å²) in [5, 5.41) is 12.3. The molecule has 0 spiro atoms. The number of amides is 1. The highest BCUT2D eigenvalue weighted by atomic mass is 16.6. The normalized spacial score (nSPS) is 12.9. The fraction of sp³-hybridized carbons (Fsp3) is 0.476. The standard InChI is InChI=1S/C21H26N2O5/c1-20(2,3)27-18(24)16(23-19(25)28-21(4,5)6)9-13-7-8-14-11-15(12-22)26-17(14)10-13/h7-8,10-11,16H,9H2,1-6H3,(H,23,25)/t16-/m0/s1. The Labute approximate surface area is 164 Å². The Bertz CT molecular complexity index is 909. The molecular weight excluding hydrogens is 360 g/mol. The van der Waals surface area contributed by atoms with Crippen LogP contribution in [0.1, 0.15) is 52.9 Å². The number of hydrogen-bond acceptors (Lipinski definition) is 6. The number of hydrogen-bond donors (Lipinski definition) is 1. The van der Waals surface area contributed by atoms with Crippen LogP contribution in [0.4, 0.5) is 4.79 Å². The molecule has 0 unspecified atom stereocenters. The van der Waals surface area contributed by atoms with Gasteiger partial charge in [-0.1, -0.05) is 12.1 Å². The molecular formula is C21H26N2O5. The van der Waals surface area contributed by atoms with Crippen LogP contribution in [0.2, 0.25) is 0 Å². The van der Waals surface area contributed by atoms with Crippen molar-refractivity contribution in [2.45, 2.75) is 65.2 Å². The second-order valence-electron chi connectivity index (χ2n) is 8.53. The number of ether oxygens (including phenoxy) is 2. The van der Waals surface area contributed by atoms with Crippen molar-refractivity contribution in [2.75, 3.05) is 0 Å². The molecule has 0 bridgehead atoms. The zero-order valence-electron chi connectivity index (χ0n) is 17.1. The molecule has 0 fully saturated rings. The van der Waals surface area contributed by atoms with E-state index in [1.54, 1.807) is 59.7 Å². The van der Waals surface area contributed by atoms with Gasteiger partial charge < -0.3 is 19.2 Å². The minimum Gasteiger partial charge on any atom is -0.458 e. The summed E-state index contributed by atoms with van der Waals surface area (Å²) in [5.41, 5.74) is -0.103. The van der Waals surface area contributed by atoms with E-state index < -0.39 is 29.3 Å². The van der Waals surface area contributed by atoms with E-state index in [1.807, 2.05) is 12.1 Å². The summed E-state index contributed by atoms with van der Waals surface area (Å²) in [6, 6.07) is 8.02. The first-order chi connectivity index (χ1) is 12.9. The zero-order valence-corrected chi connectivity index (χ0v) is 17.1. The zero-order chi connectivity index (χ0) is 21.1. The van der Waals surface area contributed by atoms with Gasteiger partial charge in [-0.3, -0.25) is 0 Å². The van der Waals surface area contributed by atoms with E-state index >= 15 is 0 Å². The van der Waals surface area contributed by atoms with Gasteiger partial charge in [0.2, 0.25) is 5.76 Å². The van der Waals surface area contributed by atoms with Crippen molar-refractivity contribution in [2.24, 2.45) is 0 Å². The highest BCUT2D eigenvalue weighted by Gasteiger charge is 2.29. The molecule has 1 heterocycles. The molecule has 1 aromatic carbocycles. The Morgan fingerprint density at radius 2 is 1.75 bits per heavy atom. The molecule has 2 aromatic rings. The van der Waals surface area contributed by atoms with Crippen LogP contribution in [0.3, 0.4) is 0 Å². The lowest BCUT2D eigenvalue weighted by molar-refractivity contribution is -0.157. The van der Waals surface area contributed by atoms with E-state index in [4.69, 9.17) is 19.2 Å². The highest BCUT2D eigenvalue weighted by Crippen LogP contribution is 2.22. The number of fused-ring (bicyclic) bond motifs is 1. The molecule has 28 heavy (non-hydrogen) atoms. The van der Waals surface area contributed by atoms with Crippen molar-refractivity contribution in [1.82, 2.24) is 5.32 Å². The summed E-state index contributed by atoms with van der Waals surface area (Å²) >= 11 is 0. The largest absolute Gasteiger partial charge is 0.458 e. The summed E-state index contributed by atoms with van der Waals surface area (Å²) in [6.45, 7) is 10.5. The maximum Gasteiger partial charge on any atom is 0.408 e. The quantitative estimate of drug-likeness (QED) is 0.795. The van der Waals surface area contributed by atoms with Gasteiger partial charge in [-0.05, 0) is 53.2 Å². The minimum atomic E-state index is -0.933. The second kappa shape index (κ2) is 7.93. The summed E-state index contributed by atoms with van der Waals surface area (Å²) in [6.07, 6.45) is -0.513. The van der Waals surface area contributed by atoms with Gasteiger partial charge in [0.05, 0.1) is 0 Å². The molecule has 0 aliphatic heterocycles. The number of carbonyl (C=O) groups is 2. The third-order valence-electron chi connectivity index (χ3n) is 3.52. The lowest BCUT2D eigenvalue weighted by Gasteiger charge is -2.26. The molecule has 1 amide bonds. The van der Waals surface area contributed by atoms with Crippen molar-refractivity contribution >= 4 is 23.0 Å². The molecule has 7 heteroatoms. The fourth-order valence-electron chi connectivity index (χ4n) is 2.51. The predicted octanol–water partition coefficient (Wildman–Crippen LogP) is 4.08. The van der Waals surface area contributed by atoms with E-state index in [9.17, 15) is 9.59 Å². The molecule has 0 saturated heterocycles. The van der Waals surface area contributed by atoms with Gasteiger partial charge in [0, 0.05) is 17.9 Å².